The van der Waals surface area contributed by atoms with Crippen molar-refractivity contribution in [3.8, 4) is 5.75 Å². The van der Waals surface area contributed by atoms with Crippen LogP contribution in [0.2, 0.25) is 0 Å². The van der Waals surface area contributed by atoms with Gasteiger partial charge in [-0.15, -0.1) is 6.58 Å². The number of carbonyl (C=O) groups is 1. The number of aliphatic hydroxyl groups excluding tert-OH is 1. The highest BCUT2D eigenvalue weighted by molar-refractivity contribution is 6.01. The summed E-state index contributed by atoms with van der Waals surface area (Å²) in [4.78, 5) is 22.4. The van der Waals surface area contributed by atoms with Crippen molar-refractivity contribution in [2.24, 2.45) is 10.1 Å². The summed E-state index contributed by atoms with van der Waals surface area (Å²) in [6.45, 7) is 4.71. The first-order chi connectivity index (χ1) is 22.1. The highest BCUT2D eigenvalue weighted by Gasteiger charge is 2.53. The molecule has 9 nitrogen and oxygen atoms in total. The van der Waals surface area contributed by atoms with Crippen molar-refractivity contribution in [1.29, 1.82) is 0 Å². The Balaban J connectivity index is 1.52. The van der Waals surface area contributed by atoms with Gasteiger partial charge in [-0.25, -0.2) is 4.99 Å². The zero-order valence-corrected chi connectivity index (χ0v) is 24.8. The normalized spacial score (nSPS) is 17.1. The third-order valence-corrected chi connectivity index (χ3v) is 7.73. The predicted molar refractivity (Wildman–Crippen MR) is 175 cm³/mol. The van der Waals surface area contributed by atoms with E-state index in [2.05, 4.69) is 21.9 Å². The molecule has 45 heavy (non-hydrogen) atoms. The van der Waals surface area contributed by atoms with E-state index in [1.165, 1.54) is 0 Å². The molecule has 228 valence electrons. The van der Waals surface area contributed by atoms with Gasteiger partial charge in [0.1, 0.15) is 5.75 Å². The topological polar surface area (TPSA) is 129 Å². The molecule has 2 atom stereocenters. The van der Waals surface area contributed by atoms with E-state index < -0.39 is 11.6 Å². The predicted octanol–water partition coefficient (Wildman–Crippen LogP) is 7.17. The van der Waals surface area contributed by atoms with E-state index in [0.29, 0.717) is 42.1 Å². The molecule has 1 aliphatic rings. The number of aliphatic imine (C=N–C) groups is 1. The first-order valence-corrected chi connectivity index (χ1v) is 14.8. The van der Waals surface area contributed by atoms with Crippen molar-refractivity contribution in [1.82, 2.24) is 5.32 Å². The van der Waals surface area contributed by atoms with Crippen molar-refractivity contribution in [2.45, 2.75) is 30.4 Å². The minimum absolute atomic E-state index is 0.0479. The summed E-state index contributed by atoms with van der Waals surface area (Å²) in [5, 5.41) is 16.1. The van der Waals surface area contributed by atoms with Crippen LogP contribution in [0, 0.1) is 0 Å². The van der Waals surface area contributed by atoms with Crippen LogP contribution in [0.5, 0.6) is 5.75 Å². The maximum absolute atomic E-state index is 14.5. The first kappa shape index (κ1) is 31.1. The molecule has 4 aromatic rings. The van der Waals surface area contributed by atoms with Crippen LogP contribution in [0.3, 0.4) is 0 Å². The van der Waals surface area contributed by atoms with Gasteiger partial charge in [0.25, 0.3) is 5.91 Å². The van der Waals surface area contributed by atoms with Crippen LogP contribution in [0.15, 0.2) is 132 Å². The average Bonchev–Trinajstić information content (AvgIpc) is 3.47. The van der Waals surface area contributed by atoms with Gasteiger partial charge in [0.2, 0.25) is 5.90 Å². The number of benzene rings is 4. The number of rotatable bonds is 14. The van der Waals surface area contributed by atoms with Gasteiger partial charge >= 0.3 is 0 Å². The standard InChI is InChI=1S/C36H35N5O4/c1-2-22-36(35(43)38-25-31(26-12-5-3-6-13-26)27-14-7-4-8-15-27)33(30-16-9-10-17-32(30)40-41-37)45-34(39-36)28-18-20-29(21-19-28)44-24-11-23-42/h2-10,12-21,31,33,42H,1,11,22-25H2,(H,38,43)/t33-,36-/m1/s1. The van der Waals surface area contributed by atoms with Crippen molar-refractivity contribution in [3.63, 3.8) is 0 Å². The lowest BCUT2D eigenvalue weighted by molar-refractivity contribution is -0.128. The Morgan fingerprint density at radius 2 is 1.67 bits per heavy atom. The number of ether oxygens (including phenoxy) is 2. The monoisotopic (exact) mass is 601 g/mol. The van der Waals surface area contributed by atoms with Gasteiger partial charge in [-0.1, -0.05) is 96.1 Å². The van der Waals surface area contributed by atoms with Crippen molar-refractivity contribution >= 4 is 17.5 Å². The van der Waals surface area contributed by atoms with E-state index in [1.807, 2.05) is 78.9 Å². The first-order valence-electron chi connectivity index (χ1n) is 14.8. The molecule has 0 aromatic heterocycles. The molecule has 1 amide bonds. The fourth-order valence-electron chi connectivity index (χ4n) is 5.51. The zero-order valence-electron chi connectivity index (χ0n) is 24.8. The Hall–Kier alpha value is -5.37. The largest absolute Gasteiger partial charge is 0.494 e. The lowest BCUT2D eigenvalue weighted by Crippen LogP contribution is -2.49. The summed E-state index contributed by atoms with van der Waals surface area (Å²) in [6, 6.07) is 34.3. The molecular weight excluding hydrogens is 566 g/mol. The number of aliphatic hydroxyl groups is 1. The summed E-state index contributed by atoms with van der Waals surface area (Å²) < 4.78 is 12.2. The van der Waals surface area contributed by atoms with Gasteiger partial charge in [0.15, 0.2) is 11.6 Å². The van der Waals surface area contributed by atoms with Crippen LogP contribution < -0.4 is 10.1 Å². The summed E-state index contributed by atoms with van der Waals surface area (Å²) in [5.74, 6) is 0.477. The third-order valence-electron chi connectivity index (χ3n) is 7.73. The van der Waals surface area contributed by atoms with E-state index in [-0.39, 0.29) is 30.8 Å². The number of nitrogens with one attached hydrogen (secondary N) is 1. The number of carbonyl (C=O) groups excluding carboxylic acids is 1. The molecule has 0 aliphatic carbocycles. The van der Waals surface area contributed by atoms with E-state index in [4.69, 9.17) is 19.6 Å². The molecular formula is C36H35N5O4. The van der Waals surface area contributed by atoms with Crippen LogP contribution in [0.1, 0.15) is 47.1 Å². The molecule has 0 saturated carbocycles. The van der Waals surface area contributed by atoms with Gasteiger partial charge in [0.05, 0.1) is 6.61 Å². The van der Waals surface area contributed by atoms with E-state index in [9.17, 15) is 10.3 Å². The van der Waals surface area contributed by atoms with Gasteiger partial charge in [-0.3, -0.25) is 4.79 Å². The Bertz CT molecular complexity index is 1630. The molecule has 0 bridgehead atoms. The summed E-state index contributed by atoms with van der Waals surface area (Å²) in [7, 11) is 0. The Morgan fingerprint density at radius 1 is 1.02 bits per heavy atom. The van der Waals surface area contributed by atoms with Crippen LogP contribution in [-0.4, -0.2) is 42.2 Å². The van der Waals surface area contributed by atoms with Crippen molar-refractivity contribution in [2.75, 3.05) is 19.8 Å². The maximum atomic E-state index is 14.5. The fraction of sp³-hybridized carbons (Fsp3) is 0.222. The molecule has 1 heterocycles. The van der Waals surface area contributed by atoms with E-state index in [0.717, 1.165) is 11.1 Å². The Kier molecular flexibility index (Phi) is 10.3. The Morgan fingerprint density at radius 3 is 2.29 bits per heavy atom. The second-order valence-electron chi connectivity index (χ2n) is 10.6. The second-order valence-corrected chi connectivity index (χ2v) is 10.6. The number of amides is 1. The molecule has 1 aliphatic heterocycles. The van der Waals surface area contributed by atoms with Crippen molar-refractivity contribution in [3.05, 3.63) is 155 Å². The molecule has 4 aromatic carbocycles. The number of hydrogen-bond acceptors (Lipinski definition) is 6. The van der Waals surface area contributed by atoms with Gasteiger partial charge < -0.3 is 19.9 Å². The molecule has 0 spiro atoms. The summed E-state index contributed by atoms with van der Waals surface area (Å²) >= 11 is 0. The lowest BCUT2D eigenvalue weighted by atomic mass is 9.83. The van der Waals surface area contributed by atoms with Crippen LogP contribution in [0.4, 0.5) is 5.69 Å². The van der Waals surface area contributed by atoms with Crippen LogP contribution >= 0.6 is 0 Å². The molecule has 0 radical (unpaired) electrons. The molecule has 0 fully saturated rings. The summed E-state index contributed by atoms with van der Waals surface area (Å²) in [6.07, 6.45) is 1.45. The smallest absolute Gasteiger partial charge is 0.252 e. The van der Waals surface area contributed by atoms with Crippen molar-refractivity contribution < 1.29 is 19.4 Å². The maximum Gasteiger partial charge on any atom is 0.252 e. The average molecular weight is 602 g/mol. The highest BCUT2D eigenvalue weighted by Crippen LogP contribution is 2.45. The minimum Gasteiger partial charge on any atom is -0.494 e. The second kappa shape index (κ2) is 14.9. The SMILES string of the molecule is C=CC[C@@]1(C(=O)NCC(c2ccccc2)c2ccccc2)N=C(c2ccc(OCCCO)cc2)O[C@@H]1c1ccccc1N=[N+]=[N-]. The minimum atomic E-state index is -1.44. The third kappa shape index (κ3) is 7.07. The van der Waals surface area contributed by atoms with E-state index in [1.54, 1.807) is 36.4 Å². The molecule has 0 saturated heterocycles. The quantitative estimate of drug-likeness (QED) is 0.0522. The highest BCUT2D eigenvalue weighted by atomic mass is 16.5. The lowest BCUT2D eigenvalue weighted by Gasteiger charge is -2.31. The molecule has 9 heteroatoms. The van der Waals surface area contributed by atoms with Gasteiger partial charge in [0, 0.05) is 53.6 Å². The van der Waals surface area contributed by atoms with Crippen LogP contribution in [-0.2, 0) is 9.53 Å². The van der Waals surface area contributed by atoms with Gasteiger partial charge in [-0.2, -0.15) is 0 Å². The molecule has 5 rings (SSSR count). The Labute approximate surface area is 262 Å². The summed E-state index contributed by atoms with van der Waals surface area (Å²) in [5.41, 5.74) is 11.5. The molecule has 0 unspecified atom stereocenters. The molecule has 2 N–H and O–H groups in total. The zero-order chi connectivity index (χ0) is 31.5. The van der Waals surface area contributed by atoms with Gasteiger partial charge in [-0.05, 0) is 40.9 Å². The van der Waals surface area contributed by atoms with E-state index >= 15 is 0 Å². The van der Waals surface area contributed by atoms with Crippen LogP contribution in [0.25, 0.3) is 10.4 Å². The number of hydrogen-bond donors (Lipinski definition) is 2. The fourth-order valence-corrected chi connectivity index (χ4v) is 5.51. The number of azide groups is 1. The number of nitrogens with zero attached hydrogens (tertiary/aromatic N) is 4.